The molecule has 0 atom stereocenters. The Morgan fingerprint density at radius 3 is 1.96 bits per heavy atom. The fraction of sp³-hybridized carbons (Fsp3) is 0.182. The second-order valence-corrected chi connectivity index (χ2v) is 5.77. The van der Waals surface area contributed by atoms with Crippen molar-refractivity contribution in [2.45, 2.75) is 13.8 Å². The van der Waals surface area contributed by atoms with Crippen LogP contribution in [0.25, 0.3) is 16.9 Å². The zero-order chi connectivity index (χ0) is 19.2. The second kappa shape index (κ2) is 8.36. The number of nitrogens with zero attached hydrogens (tertiary/aromatic N) is 1. The van der Waals surface area contributed by atoms with Gasteiger partial charge in [0.05, 0.1) is 24.5 Å². The minimum absolute atomic E-state index is 0.167. The molecule has 0 N–H and O–H groups in total. The van der Waals surface area contributed by atoms with Crippen LogP contribution in [-0.4, -0.2) is 29.7 Å². The van der Waals surface area contributed by atoms with Gasteiger partial charge in [-0.25, -0.2) is 9.59 Å². The van der Waals surface area contributed by atoms with Gasteiger partial charge in [-0.3, -0.25) is 0 Å². The first-order chi connectivity index (χ1) is 13.2. The van der Waals surface area contributed by atoms with Crippen LogP contribution in [0.2, 0.25) is 0 Å². The van der Waals surface area contributed by atoms with Crippen molar-refractivity contribution in [2.24, 2.45) is 0 Å². The van der Waals surface area contributed by atoms with E-state index < -0.39 is 11.9 Å². The van der Waals surface area contributed by atoms with Gasteiger partial charge < -0.3 is 14.0 Å². The number of carbonyl (C=O) groups excluding carboxylic acids is 2. The van der Waals surface area contributed by atoms with Crippen molar-refractivity contribution < 1.29 is 19.1 Å². The van der Waals surface area contributed by atoms with E-state index in [2.05, 4.69) is 0 Å². The molecule has 138 valence electrons. The zero-order valence-electron chi connectivity index (χ0n) is 15.3. The van der Waals surface area contributed by atoms with E-state index >= 15 is 0 Å². The minimum Gasteiger partial charge on any atom is -0.462 e. The fourth-order valence-corrected chi connectivity index (χ4v) is 2.94. The van der Waals surface area contributed by atoms with Crippen molar-refractivity contribution in [3.8, 4) is 16.9 Å². The lowest BCUT2D eigenvalue weighted by Crippen LogP contribution is -2.17. The number of ether oxygens (including phenoxy) is 2. The summed E-state index contributed by atoms with van der Waals surface area (Å²) in [4.78, 5) is 25.3. The molecule has 3 rings (SSSR count). The van der Waals surface area contributed by atoms with Crippen LogP contribution < -0.4 is 0 Å². The number of hydrogen-bond acceptors (Lipinski definition) is 4. The first-order valence-electron chi connectivity index (χ1n) is 8.88. The van der Waals surface area contributed by atoms with Crippen molar-refractivity contribution in [1.82, 2.24) is 4.57 Å². The number of esters is 2. The summed E-state index contributed by atoms with van der Waals surface area (Å²) >= 11 is 0. The van der Waals surface area contributed by atoms with Gasteiger partial charge >= 0.3 is 11.9 Å². The number of carbonyl (C=O) groups is 2. The van der Waals surface area contributed by atoms with Crippen LogP contribution in [0.3, 0.4) is 0 Å². The molecule has 0 aliphatic carbocycles. The predicted octanol–water partition coefficient (Wildman–Crippen LogP) is 4.50. The number of rotatable bonds is 6. The number of para-hydroxylation sites is 1. The van der Waals surface area contributed by atoms with Crippen molar-refractivity contribution >= 4 is 11.9 Å². The molecule has 0 saturated heterocycles. The van der Waals surface area contributed by atoms with Gasteiger partial charge in [-0.2, -0.15) is 0 Å². The molecule has 1 aromatic heterocycles. The number of hydrogen-bond donors (Lipinski definition) is 0. The molecule has 0 unspecified atom stereocenters. The summed E-state index contributed by atoms with van der Waals surface area (Å²) < 4.78 is 12.2. The Morgan fingerprint density at radius 1 is 0.815 bits per heavy atom. The third kappa shape index (κ3) is 3.77. The fourth-order valence-electron chi connectivity index (χ4n) is 2.94. The van der Waals surface area contributed by atoms with E-state index in [1.807, 2.05) is 60.7 Å². The predicted molar refractivity (Wildman–Crippen MR) is 103 cm³/mol. The molecule has 5 heteroatoms. The maximum absolute atomic E-state index is 12.8. The van der Waals surface area contributed by atoms with Gasteiger partial charge in [-0.1, -0.05) is 48.5 Å². The Balaban J connectivity index is 2.31. The van der Waals surface area contributed by atoms with E-state index in [-0.39, 0.29) is 24.5 Å². The van der Waals surface area contributed by atoms with Gasteiger partial charge in [0, 0.05) is 5.69 Å². The molecule has 5 nitrogen and oxygen atoms in total. The number of aromatic nitrogens is 1. The molecule has 3 aromatic rings. The topological polar surface area (TPSA) is 57.5 Å². The van der Waals surface area contributed by atoms with E-state index in [9.17, 15) is 9.59 Å². The lowest BCUT2D eigenvalue weighted by molar-refractivity contribution is 0.0473. The van der Waals surface area contributed by atoms with Gasteiger partial charge in [0.1, 0.15) is 5.69 Å². The summed E-state index contributed by atoms with van der Waals surface area (Å²) in [5.41, 5.74) is 2.71. The molecule has 0 spiro atoms. The van der Waals surface area contributed by atoms with E-state index in [1.54, 1.807) is 24.5 Å². The highest BCUT2D eigenvalue weighted by Gasteiger charge is 2.28. The molecule has 2 aromatic carbocycles. The summed E-state index contributed by atoms with van der Waals surface area (Å²) in [5, 5.41) is 0. The van der Waals surface area contributed by atoms with Crippen LogP contribution in [0.1, 0.15) is 34.7 Å². The van der Waals surface area contributed by atoms with Gasteiger partial charge in [0.25, 0.3) is 0 Å². The van der Waals surface area contributed by atoms with Crippen LogP contribution >= 0.6 is 0 Å². The summed E-state index contributed by atoms with van der Waals surface area (Å²) in [5.74, 6) is -1.11. The lowest BCUT2D eigenvalue weighted by Gasteiger charge is -2.14. The van der Waals surface area contributed by atoms with Crippen molar-refractivity contribution in [3.63, 3.8) is 0 Å². The molecular weight excluding hydrogens is 342 g/mol. The largest absolute Gasteiger partial charge is 0.462 e. The van der Waals surface area contributed by atoms with Gasteiger partial charge in [-0.15, -0.1) is 0 Å². The van der Waals surface area contributed by atoms with Crippen LogP contribution in [0.5, 0.6) is 0 Å². The van der Waals surface area contributed by atoms with Crippen molar-refractivity contribution in [2.75, 3.05) is 13.2 Å². The van der Waals surface area contributed by atoms with Gasteiger partial charge in [0.2, 0.25) is 0 Å². The van der Waals surface area contributed by atoms with Crippen LogP contribution in [0.15, 0.2) is 66.7 Å². The normalized spacial score (nSPS) is 10.4. The summed E-state index contributed by atoms with van der Waals surface area (Å²) in [7, 11) is 0. The Bertz CT molecular complexity index is 930. The highest BCUT2D eigenvalue weighted by Crippen LogP contribution is 2.31. The summed E-state index contributed by atoms with van der Waals surface area (Å²) in [6.45, 7) is 3.89. The monoisotopic (exact) mass is 363 g/mol. The minimum atomic E-state index is -0.563. The molecule has 0 fully saturated rings. The molecule has 0 saturated carbocycles. The first-order valence-corrected chi connectivity index (χ1v) is 8.88. The maximum Gasteiger partial charge on any atom is 0.356 e. The van der Waals surface area contributed by atoms with Crippen LogP contribution in [-0.2, 0) is 9.47 Å². The molecule has 0 radical (unpaired) electrons. The maximum atomic E-state index is 12.8. The molecule has 0 bridgehead atoms. The quantitative estimate of drug-likeness (QED) is 0.605. The standard InChI is InChI=1S/C22H21NO4/c1-3-26-21(24)18-15-19(16-11-7-5-8-12-16)23(17-13-9-6-10-14-17)20(18)22(25)27-4-2/h5-15H,3-4H2,1-2H3. The second-order valence-electron chi connectivity index (χ2n) is 5.77. The SMILES string of the molecule is CCOC(=O)c1cc(-c2ccccc2)n(-c2ccccc2)c1C(=O)OCC. The molecule has 27 heavy (non-hydrogen) atoms. The highest BCUT2D eigenvalue weighted by atomic mass is 16.5. The van der Waals surface area contributed by atoms with Gasteiger partial charge in [0.15, 0.2) is 0 Å². The van der Waals surface area contributed by atoms with E-state index in [4.69, 9.17) is 9.47 Å². The lowest BCUT2D eigenvalue weighted by atomic mass is 10.1. The first kappa shape index (κ1) is 18.5. The summed E-state index contributed by atoms with van der Waals surface area (Å²) in [6.07, 6.45) is 0. The third-order valence-corrected chi connectivity index (χ3v) is 4.05. The smallest absolute Gasteiger partial charge is 0.356 e. The average molecular weight is 363 g/mol. The van der Waals surface area contributed by atoms with Crippen molar-refractivity contribution in [3.05, 3.63) is 78.0 Å². The van der Waals surface area contributed by atoms with Crippen LogP contribution in [0, 0.1) is 0 Å². The number of benzene rings is 2. The van der Waals surface area contributed by atoms with E-state index in [0.717, 1.165) is 11.3 Å². The molecule has 0 amide bonds. The Morgan fingerprint density at radius 2 is 1.37 bits per heavy atom. The summed E-state index contributed by atoms with van der Waals surface area (Å²) in [6, 6.07) is 20.7. The Labute approximate surface area is 158 Å². The molecular formula is C22H21NO4. The van der Waals surface area contributed by atoms with E-state index in [0.29, 0.717) is 5.69 Å². The van der Waals surface area contributed by atoms with Crippen molar-refractivity contribution in [1.29, 1.82) is 0 Å². The van der Waals surface area contributed by atoms with Crippen LogP contribution in [0.4, 0.5) is 0 Å². The van der Waals surface area contributed by atoms with Gasteiger partial charge in [-0.05, 0) is 37.6 Å². The molecule has 0 aliphatic heterocycles. The zero-order valence-corrected chi connectivity index (χ0v) is 15.3. The highest BCUT2D eigenvalue weighted by molar-refractivity contribution is 6.04. The third-order valence-electron chi connectivity index (χ3n) is 4.05. The van der Waals surface area contributed by atoms with E-state index in [1.165, 1.54) is 0 Å². The Kier molecular flexibility index (Phi) is 5.71. The molecule has 0 aliphatic rings. The molecule has 1 heterocycles. The average Bonchev–Trinajstić information content (AvgIpc) is 3.10. The Hall–Kier alpha value is -3.34.